The molecule has 0 aromatic carbocycles. The number of sulfonamides is 1. The van der Waals surface area contributed by atoms with E-state index in [-0.39, 0.29) is 5.03 Å². The van der Waals surface area contributed by atoms with Crippen molar-refractivity contribution in [3.63, 3.8) is 0 Å². The fourth-order valence-corrected chi connectivity index (χ4v) is 3.42. The van der Waals surface area contributed by atoms with Crippen LogP contribution in [-0.2, 0) is 14.8 Å². The quantitative estimate of drug-likeness (QED) is 0.751. The van der Waals surface area contributed by atoms with Gasteiger partial charge in [-0.2, -0.15) is 0 Å². The number of nitrogens with zero attached hydrogens (tertiary/aromatic N) is 1. The first-order valence-corrected chi connectivity index (χ1v) is 8.69. The van der Waals surface area contributed by atoms with Crippen molar-refractivity contribution in [1.29, 1.82) is 0 Å². The molecule has 7 heteroatoms. The molecule has 0 atom stereocenters. The fourth-order valence-electron chi connectivity index (χ4n) is 2.37. The molecule has 1 fully saturated rings. The number of imidazole rings is 1. The van der Waals surface area contributed by atoms with Crippen molar-refractivity contribution in [3.05, 3.63) is 12.0 Å². The molecule has 0 aliphatic heterocycles. The molecule has 1 aromatic heterocycles. The Morgan fingerprint density at radius 1 is 1.40 bits per heavy atom. The number of aryl methyl sites for hydroxylation is 1. The monoisotopic (exact) mass is 301 g/mol. The molecule has 114 valence electrons. The number of hydrogen-bond donors (Lipinski definition) is 2. The highest BCUT2D eigenvalue weighted by Crippen LogP contribution is 2.20. The van der Waals surface area contributed by atoms with Crippen molar-refractivity contribution in [1.82, 2.24) is 14.7 Å². The average molecular weight is 301 g/mol. The molecule has 1 aliphatic rings. The summed E-state index contributed by atoms with van der Waals surface area (Å²) in [6.45, 7) is 2.71. The van der Waals surface area contributed by atoms with E-state index >= 15 is 0 Å². The zero-order valence-corrected chi connectivity index (χ0v) is 12.7. The largest absolute Gasteiger partial charge is 0.378 e. The van der Waals surface area contributed by atoms with Crippen molar-refractivity contribution in [3.8, 4) is 0 Å². The van der Waals surface area contributed by atoms with Crippen LogP contribution >= 0.6 is 0 Å². The Morgan fingerprint density at radius 3 is 2.80 bits per heavy atom. The molecule has 1 saturated carbocycles. The van der Waals surface area contributed by atoms with Crippen molar-refractivity contribution in [2.75, 3.05) is 13.2 Å². The second-order valence-corrected chi connectivity index (χ2v) is 6.95. The lowest BCUT2D eigenvalue weighted by atomic mass is 9.98. The maximum Gasteiger partial charge on any atom is 0.257 e. The summed E-state index contributed by atoms with van der Waals surface area (Å²) in [4.78, 5) is 6.61. The van der Waals surface area contributed by atoms with Crippen LogP contribution in [0.2, 0.25) is 0 Å². The predicted molar refractivity (Wildman–Crippen MR) is 76.0 cm³/mol. The summed E-state index contributed by atoms with van der Waals surface area (Å²) in [5.41, 5.74) is 0. The number of ether oxygens (including phenoxy) is 1. The van der Waals surface area contributed by atoms with E-state index in [9.17, 15) is 8.42 Å². The lowest BCUT2D eigenvalue weighted by Gasteiger charge is -2.21. The first kappa shape index (κ1) is 15.5. The normalized spacial score (nSPS) is 17.4. The van der Waals surface area contributed by atoms with Crippen LogP contribution in [0.4, 0.5) is 0 Å². The molecule has 0 spiro atoms. The van der Waals surface area contributed by atoms with Gasteiger partial charge in [0, 0.05) is 13.2 Å². The summed E-state index contributed by atoms with van der Waals surface area (Å²) in [5, 5.41) is 0.114. The molecule has 1 aliphatic carbocycles. The van der Waals surface area contributed by atoms with Crippen LogP contribution in [0, 0.1) is 6.92 Å². The van der Waals surface area contributed by atoms with Gasteiger partial charge in [-0.05, 0) is 26.2 Å². The van der Waals surface area contributed by atoms with Crippen LogP contribution < -0.4 is 4.72 Å². The average Bonchev–Trinajstić information content (AvgIpc) is 2.87. The number of aromatic amines is 1. The Balaban J connectivity index is 1.65. The minimum absolute atomic E-state index is 0.114. The van der Waals surface area contributed by atoms with E-state index in [0.29, 0.717) is 31.5 Å². The number of aromatic nitrogens is 2. The predicted octanol–water partition coefficient (Wildman–Crippen LogP) is 1.74. The van der Waals surface area contributed by atoms with Crippen molar-refractivity contribution >= 4 is 10.0 Å². The number of hydrogen-bond acceptors (Lipinski definition) is 4. The van der Waals surface area contributed by atoms with E-state index in [1.807, 2.05) is 0 Å². The molecule has 20 heavy (non-hydrogen) atoms. The highest BCUT2D eigenvalue weighted by Gasteiger charge is 2.16. The SMILES string of the molecule is Cc1ncc(S(=O)(=O)NCCCOC2CCCCC2)[nH]1. The molecule has 2 N–H and O–H groups in total. The Morgan fingerprint density at radius 2 is 2.15 bits per heavy atom. The maximum atomic E-state index is 11.9. The Labute approximate surface area is 120 Å². The highest BCUT2D eigenvalue weighted by molar-refractivity contribution is 7.89. The van der Waals surface area contributed by atoms with E-state index in [1.54, 1.807) is 6.92 Å². The van der Waals surface area contributed by atoms with Crippen LogP contribution in [0.25, 0.3) is 0 Å². The van der Waals surface area contributed by atoms with E-state index < -0.39 is 10.0 Å². The van der Waals surface area contributed by atoms with E-state index in [2.05, 4.69) is 14.7 Å². The van der Waals surface area contributed by atoms with Gasteiger partial charge in [0.15, 0.2) is 5.03 Å². The van der Waals surface area contributed by atoms with Crippen LogP contribution in [0.5, 0.6) is 0 Å². The molecular weight excluding hydrogens is 278 g/mol. The number of nitrogens with one attached hydrogen (secondary N) is 2. The minimum atomic E-state index is -3.47. The minimum Gasteiger partial charge on any atom is -0.378 e. The van der Waals surface area contributed by atoms with Gasteiger partial charge in [0.05, 0.1) is 12.3 Å². The van der Waals surface area contributed by atoms with Crippen molar-refractivity contribution < 1.29 is 13.2 Å². The van der Waals surface area contributed by atoms with Crippen LogP contribution in [0.15, 0.2) is 11.2 Å². The standard InChI is InChI=1S/C13H23N3O3S/c1-11-14-10-13(16-11)20(17,18)15-8-5-9-19-12-6-3-2-4-7-12/h10,12,15H,2-9H2,1H3,(H,14,16). The second-order valence-electron chi connectivity index (χ2n) is 5.21. The van der Waals surface area contributed by atoms with Crippen LogP contribution in [0.1, 0.15) is 44.3 Å². The molecule has 0 unspecified atom stereocenters. The van der Waals surface area contributed by atoms with Gasteiger partial charge in [-0.3, -0.25) is 0 Å². The van der Waals surface area contributed by atoms with Gasteiger partial charge in [0.2, 0.25) is 0 Å². The smallest absolute Gasteiger partial charge is 0.257 e. The molecule has 0 bridgehead atoms. The molecule has 0 saturated heterocycles. The third kappa shape index (κ3) is 4.57. The maximum absolute atomic E-state index is 11.9. The molecule has 6 nitrogen and oxygen atoms in total. The van der Waals surface area contributed by atoms with Crippen LogP contribution in [0.3, 0.4) is 0 Å². The van der Waals surface area contributed by atoms with Crippen molar-refractivity contribution in [2.45, 2.75) is 56.6 Å². The summed E-state index contributed by atoms with van der Waals surface area (Å²) >= 11 is 0. The van der Waals surface area contributed by atoms with Gasteiger partial charge in [-0.1, -0.05) is 19.3 Å². The molecule has 0 amide bonds. The van der Waals surface area contributed by atoms with Gasteiger partial charge < -0.3 is 9.72 Å². The molecule has 1 aromatic rings. The summed E-state index contributed by atoms with van der Waals surface area (Å²) in [6.07, 6.45) is 8.46. The molecular formula is C13H23N3O3S. The van der Waals surface area contributed by atoms with E-state index in [0.717, 1.165) is 12.8 Å². The zero-order valence-electron chi connectivity index (χ0n) is 11.9. The third-order valence-corrected chi connectivity index (χ3v) is 4.86. The number of rotatable bonds is 7. The third-order valence-electron chi connectivity index (χ3n) is 3.49. The van der Waals surface area contributed by atoms with Crippen molar-refractivity contribution in [2.24, 2.45) is 0 Å². The molecule has 1 heterocycles. The Hall–Kier alpha value is -0.920. The first-order valence-electron chi connectivity index (χ1n) is 7.21. The summed E-state index contributed by atoms with van der Waals surface area (Å²) in [7, 11) is -3.47. The highest BCUT2D eigenvalue weighted by atomic mass is 32.2. The summed E-state index contributed by atoms with van der Waals surface area (Å²) < 4.78 is 32.1. The van der Waals surface area contributed by atoms with Gasteiger partial charge in [0.25, 0.3) is 10.0 Å². The Kier molecular flexibility index (Phi) is 5.56. The second kappa shape index (κ2) is 7.19. The molecule has 0 radical (unpaired) electrons. The van der Waals surface area contributed by atoms with Crippen LogP contribution in [-0.4, -0.2) is 37.6 Å². The summed E-state index contributed by atoms with van der Waals surface area (Å²) in [6, 6.07) is 0. The topological polar surface area (TPSA) is 84.1 Å². The van der Waals surface area contributed by atoms with Gasteiger partial charge in [-0.25, -0.2) is 18.1 Å². The lowest BCUT2D eigenvalue weighted by molar-refractivity contribution is 0.0278. The van der Waals surface area contributed by atoms with Gasteiger partial charge in [0.1, 0.15) is 5.82 Å². The Bertz CT molecular complexity index is 507. The van der Waals surface area contributed by atoms with Gasteiger partial charge >= 0.3 is 0 Å². The molecule has 2 rings (SSSR count). The first-order chi connectivity index (χ1) is 9.58. The zero-order chi connectivity index (χ0) is 14.4. The summed E-state index contributed by atoms with van der Waals surface area (Å²) in [5.74, 6) is 0.589. The van der Waals surface area contributed by atoms with E-state index in [1.165, 1.54) is 25.5 Å². The van der Waals surface area contributed by atoms with E-state index in [4.69, 9.17) is 4.74 Å². The lowest BCUT2D eigenvalue weighted by Crippen LogP contribution is -2.26. The number of H-pyrrole nitrogens is 1. The van der Waals surface area contributed by atoms with Gasteiger partial charge in [-0.15, -0.1) is 0 Å². The fraction of sp³-hybridized carbons (Fsp3) is 0.769.